The van der Waals surface area contributed by atoms with Gasteiger partial charge >= 0.3 is 0 Å². The third kappa shape index (κ3) is 2.59. The molecule has 1 aliphatic rings. The van der Waals surface area contributed by atoms with Gasteiger partial charge in [0.2, 0.25) is 5.91 Å². The van der Waals surface area contributed by atoms with E-state index in [1.165, 1.54) is 4.90 Å². The lowest BCUT2D eigenvalue weighted by Gasteiger charge is -2.18. The molecule has 2 rings (SSSR count). The molecule has 0 aliphatic carbocycles. The molecule has 0 spiro atoms. The standard InChI is InChI=1S/C13H13BrN2O4/c1-7-4-8(14)5-9-11(7)16(13(20)12(9)19)6-10(18)15-2-3-17/h4-5,17H,2-3,6H2,1H3,(H,15,18). The minimum atomic E-state index is -0.708. The van der Waals surface area contributed by atoms with E-state index in [1.54, 1.807) is 19.1 Å². The lowest BCUT2D eigenvalue weighted by molar-refractivity contribution is -0.122. The van der Waals surface area contributed by atoms with Gasteiger partial charge in [-0.3, -0.25) is 19.3 Å². The number of benzene rings is 1. The number of anilines is 1. The summed E-state index contributed by atoms with van der Waals surface area (Å²) >= 11 is 3.28. The van der Waals surface area contributed by atoms with Crippen molar-refractivity contribution < 1.29 is 19.5 Å². The molecule has 20 heavy (non-hydrogen) atoms. The van der Waals surface area contributed by atoms with Crippen molar-refractivity contribution in [2.24, 2.45) is 0 Å². The first-order valence-corrected chi connectivity index (χ1v) is 6.79. The van der Waals surface area contributed by atoms with Crippen LogP contribution in [0.5, 0.6) is 0 Å². The topological polar surface area (TPSA) is 86.7 Å². The number of nitrogens with zero attached hydrogens (tertiary/aromatic N) is 1. The molecule has 0 aromatic heterocycles. The van der Waals surface area contributed by atoms with Gasteiger partial charge in [0.1, 0.15) is 6.54 Å². The summed E-state index contributed by atoms with van der Waals surface area (Å²) in [4.78, 5) is 36.7. The van der Waals surface area contributed by atoms with Crippen LogP contribution in [-0.2, 0) is 9.59 Å². The molecule has 0 radical (unpaired) electrons. The zero-order chi connectivity index (χ0) is 14.9. The molecule has 1 aliphatic heterocycles. The third-order valence-corrected chi connectivity index (χ3v) is 3.41. The van der Waals surface area contributed by atoms with Gasteiger partial charge in [0.05, 0.1) is 17.9 Å². The van der Waals surface area contributed by atoms with Gasteiger partial charge in [0.25, 0.3) is 11.7 Å². The number of nitrogens with one attached hydrogen (secondary N) is 1. The van der Waals surface area contributed by atoms with E-state index in [2.05, 4.69) is 21.2 Å². The highest BCUT2D eigenvalue weighted by molar-refractivity contribution is 9.10. The van der Waals surface area contributed by atoms with Crippen LogP contribution in [0.4, 0.5) is 5.69 Å². The molecule has 1 aromatic rings. The van der Waals surface area contributed by atoms with Gasteiger partial charge in [-0.15, -0.1) is 0 Å². The third-order valence-electron chi connectivity index (χ3n) is 2.95. The van der Waals surface area contributed by atoms with E-state index < -0.39 is 17.6 Å². The van der Waals surface area contributed by atoms with Gasteiger partial charge in [-0.1, -0.05) is 15.9 Å². The maximum Gasteiger partial charge on any atom is 0.299 e. The van der Waals surface area contributed by atoms with E-state index >= 15 is 0 Å². The minimum absolute atomic E-state index is 0.112. The van der Waals surface area contributed by atoms with Gasteiger partial charge in [0.15, 0.2) is 0 Å². The number of carbonyl (C=O) groups excluding carboxylic acids is 3. The van der Waals surface area contributed by atoms with Crippen molar-refractivity contribution in [3.8, 4) is 0 Å². The van der Waals surface area contributed by atoms with E-state index in [0.717, 1.165) is 5.56 Å². The lowest BCUT2D eigenvalue weighted by Crippen LogP contribution is -2.41. The van der Waals surface area contributed by atoms with Crippen molar-refractivity contribution in [3.05, 3.63) is 27.7 Å². The average Bonchev–Trinajstić information content (AvgIpc) is 2.62. The fraction of sp³-hybridized carbons (Fsp3) is 0.308. The molecule has 106 valence electrons. The van der Waals surface area contributed by atoms with Crippen LogP contribution >= 0.6 is 15.9 Å². The SMILES string of the molecule is Cc1cc(Br)cc2c1N(CC(=O)NCCO)C(=O)C2=O. The van der Waals surface area contributed by atoms with Crippen LogP contribution in [0.25, 0.3) is 0 Å². The quantitative estimate of drug-likeness (QED) is 0.776. The summed E-state index contributed by atoms with van der Waals surface area (Å²) in [5.41, 5.74) is 1.52. The predicted molar refractivity (Wildman–Crippen MR) is 75.7 cm³/mol. The van der Waals surface area contributed by atoms with E-state index in [0.29, 0.717) is 15.7 Å². The molecule has 7 heteroatoms. The molecule has 1 aromatic carbocycles. The van der Waals surface area contributed by atoms with Crippen molar-refractivity contribution >= 4 is 39.2 Å². The second-order valence-corrected chi connectivity index (χ2v) is 5.33. The summed E-state index contributed by atoms with van der Waals surface area (Å²) in [5, 5.41) is 11.1. The number of fused-ring (bicyclic) bond motifs is 1. The number of ketones is 1. The maximum atomic E-state index is 12.0. The molecule has 0 saturated carbocycles. The Bertz CT molecular complexity index is 600. The molecule has 0 unspecified atom stereocenters. The summed E-state index contributed by atoms with van der Waals surface area (Å²) in [5.74, 6) is -1.74. The number of aliphatic hydroxyl groups excluding tert-OH is 1. The van der Waals surface area contributed by atoms with Crippen molar-refractivity contribution in [1.82, 2.24) is 5.32 Å². The lowest BCUT2D eigenvalue weighted by atomic mass is 10.1. The largest absolute Gasteiger partial charge is 0.395 e. The van der Waals surface area contributed by atoms with Gasteiger partial charge in [-0.25, -0.2) is 0 Å². The Labute approximate surface area is 123 Å². The van der Waals surface area contributed by atoms with Crippen molar-refractivity contribution in [1.29, 1.82) is 0 Å². The summed E-state index contributed by atoms with van der Waals surface area (Å²) in [6.45, 7) is 1.47. The van der Waals surface area contributed by atoms with Crippen LogP contribution in [0.1, 0.15) is 15.9 Å². The van der Waals surface area contributed by atoms with Crippen molar-refractivity contribution in [3.63, 3.8) is 0 Å². The summed E-state index contributed by atoms with van der Waals surface area (Å²) < 4.78 is 0.710. The van der Waals surface area contributed by atoms with Crippen molar-refractivity contribution in [2.45, 2.75) is 6.92 Å². The molecule has 0 atom stereocenters. The number of Topliss-reactive ketones (excluding diaryl/α,β-unsaturated/α-hetero) is 1. The molecular formula is C13H13BrN2O4. The summed E-state index contributed by atoms with van der Waals surface area (Å²) in [6.07, 6.45) is 0. The fourth-order valence-corrected chi connectivity index (χ4v) is 2.72. The van der Waals surface area contributed by atoms with E-state index in [-0.39, 0.29) is 19.7 Å². The highest BCUT2D eigenvalue weighted by atomic mass is 79.9. The number of amides is 2. The summed E-state index contributed by atoms with van der Waals surface area (Å²) in [6, 6.07) is 3.36. The molecule has 1 heterocycles. The number of aliphatic hydroxyl groups is 1. The Balaban J connectivity index is 2.31. The summed E-state index contributed by atoms with van der Waals surface area (Å²) in [7, 11) is 0. The molecule has 2 N–H and O–H groups in total. The number of halogens is 1. The Morgan fingerprint density at radius 1 is 1.40 bits per heavy atom. The Kier molecular flexibility index (Phi) is 4.20. The predicted octanol–water partition coefficient (Wildman–Crippen LogP) is 0.395. The second-order valence-electron chi connectivity index (χ2n) is 4.41. The first kappa shape index (κ1) is 14.7. The monoisotopic (exact) mass is 340 g/mol. The first-order chi connectivity index (χ1) is 9.45. The smallest absolute Gasteiger partial charge is 0.299 e. The number of carbonyl (C=O) groups is 3. The van der Waals surface area contributed by atoms with Crippen LogP contribution in [0.3, 0.4) is 0 Å². The maximum absolute atomic E-state index is 12.0. The van der Waals surface area contributed by atoms with Gasteiger partial charge in [-0.05, 0) is 24.6 Å². The average molecular weight is 341 g/mol. The zero-order valence-electron chi connectivity index (χ0n) is 10.8. The van der Waals surface area contributed by atoms with Crippen LogP contribution in [0.2, 0.25) is 0 Å². The molecule has 0 bridgehead atoms. The van der Waals surface area contributed by atoms with E-state index in [4.69, 9.17) is 5.11 Å². The van der Waals surface area contributed by atoms with Gasteiger partial charge < -0.3 is 10.4 Å². The Morgan fingerprint density at radius 3 is 2.75 bits per heavy atom. The van der Waals surface area contributed by atoms with Crippen LogP contribution < -0.4 is 10.2 Å². The van der Waals surface area contributed by atoms with Crippen LogP contribution in [0, 0.1) is 6.92 Å². The number of hydrogen-bond donors (Lipinski definition) is 2. The number of rotatable bonds is 4. The highest BCUT2D eigenvalue weighted by Crippen LogP contribution is 2.34. The minimum Gasteiger partial charge on any atom is -0.395 e. The van der Waals surface area contributed by atoms with Crippen molar-refractivity contribution in [2.75, 3.05) is 24.6 Å². The number of hydrogen-bond acceptors (Lipinski definition) is 4. The zero-order valence-corrected chi connectivity index (χ0v) is 12.4. The van der Waals surface area contributed by atoms with Gasteiger partial charge in [-0.2, -0.15) is 0 Å². The number of aryl methyl sites for hydroxylation is 1. The normalized spacial score (nSPS) is 13.7. The van der Waals surface area contributed by atoms with Crippen LogP contribution in [-0.4, -0.2) is 42.4 Å². The van der Waals surface area contributed by atoms with E-state index in [9.17, 15) is 14.4 Å². The Morgan fingerprint density at radius 2 is 2.10 bits per heavy atom. The van der Waals surface area contributed by atoms with Crippen LogP contribution in [0.15, 0.2) is 16.6 Å². The molecular weight excluding hydrogens is 328 g/mol. The molecule has 0 saturated heterocycles. The highest BCUT2D eigenvalue weighted by Gasteiger charge is 2.38. The second kappa shape index (κ2) is 5.72. The van der Waals surface area contributed by atoms with E-state index in [1.807, 2.05) is 0 Å². The fourth-order valence-electron chi connectivity index (χ4n) is 2.15. The molecule has 0 fully saturated rings. The molecule has 2 amide bonds. The first-order valence-electron chi connectivity index (χ1n) is 5.99. The molecule has 6 nitrogen and oxygen atoms in total. The van der Waals surface area contributed by atoms with Gasteiger partial charge in [0, 0.05) is 11.0 Å². The Hall–Kier alpha value is -1.73.